The van der Waals surface area contributed by atoms with Crippen LogP contribution in [0, 0.1) is 0 Å². The quantitative estimate of drug-likeness (QED) is 0.887. The Labute approximate surface area is 117 Å². The average molecular weight is 281 g/mol. The van der Waals surface area contributed by atoms with Crippen molar-refractivity contribution in [3.05, 3.63) is 17.7 Å². The van der Waals surface area contributed by atoms with Gasteiger partial charge in [0, 0.05) is 45.5 Å². The van der Waals surface area contributed by atoms with Crippen molar-refractivity contribution in [2.75, 3.05) is 34.1 Å². The maximum atomic E-state index is 10.1. The number of rotatable bonds is 4. The normalized spacial score (nSPS) is 25.3. The Hall–Kier alpha value is -1.50. The molecule has 2 heterocycles. The largest absolute Gasteiger partial charge is 0.507 e. The molecule has 0 spiro atoms. The van der Waals surface area contributed by atoms with Gasteiger partial charge in [0.05, 0.1) is 12.2 Å². The van der Waals surface area contributed by atoms with Crippen LogP contribution in [0.1, 0.15) is 5.56 Å². The Morgan fingerprint density at radius 3 is 2.35 bits per heavy atom. The van der Waals surface area contributed by atoms with Gasteiger partial charge in [-0.25, -0.2) is 0 Å². The summed E-state index contributed by atoms with van der Waals surface area (Å²) in [7, 11) is 3.39. The molecule has 6 heteroatoms. The summed E-state index contributed by atoms with van der Waals surface area (Å²) < 4.78 is 21.4. The molecule has 2 atom stereocenters. The highest BCUT2D eigenvalue weighted by molar-refractivity contribution is 5.51. The summed E-state index contributed by atoms with van der Waals surface area (Å²) in [4.78, 5) is 2.19. The van der Waals surface area contributed by atoms with Crippen LogP contribution in [-0.2, 0) is 16.0 Å². The van der Waals surface area contributed by atoms with Crippen LogP contribution in [0.5, 0.6) is 17.2 Å². The summed E-state index contributed by atoms with van der Waals surface area (Å²) in [5.74, 6) is 1.50. The number of phenolic OH excluding ortho intramolecular Hbond substituents is 1. The zero-order valence-electron chi connectivity index (χ0n) is 11.7. The van der Waals surface area contributed by atoms with E-state index in [-0.39, 0.29) is 24.8 Å². The molecular formula is C14H19NO5. The molecule has 1 N–H and O–H groups in total. The second-order valence-corrected chi connectivity index (χ2v) is 5.08. The lowest BCUT2D eigenvalue weighted by molar-refractivity contribution is -0.00461. The molecule has 0 amide bonds. The second kappa shape index (κ2) is 5.47. The first-order valence-electron chi connectivity index (χ1n) is 6.60. The Morgan fingerprint density at radius 2 is 1.75 bits per heavy atom. The number of methoxy groups -OCH3 is 2. The van der Waals surface area contributed by atoms with E-state index in [0.29, 0.717) is 18.0 Å². The fourth-order valence-electron chi connectivity index (χ4n) is 2.74. The van der Waals surface area contributed by atoms with Gasteiger partial charge in [0.1, 0.15) is 5.75 Å². The van der Waals surface area contributed by atoms with Gasteiger partial charge < -0.3 is 24.1 Å². The molecule has 0 radical (unpaired) electrons. The summed E-state index contributed by atoms with van der Waals surface area (Å²) in [5, 5.41) is 10.1. The summed E-state index contributed by atoms with van der Waals surface area (Å²) in [6.07, 6.45) is 0.132. The summed E-state index contributed by atoms with van der Waals surface area (Å²) in [6.45, 7) is 2.40. The van der Waals surface area contributed by atoms with Gasteiger partial charge in [-0.2, -0.15) is 0 Å². The maximum absolute atomic E-state index is 10.1. The van der Waals surface area contributed by atoms with Crippen LogP contribution in [0.15, 0.2) is 12.1 Å². The number of benzene rings is 1. The molecule has 0 aromatic heterocycles. The van der Waals surface area contributed by atoms with Gasteiger partial charge in [-0.3, -0.25) is 4.90 Å². The standard InChI is InChI=1S/C14H19NO5/c1-17-13-6-15(7-14(13)18-2)5-9-3-11-12(4-10(9)16)20-8-19-11/h3-4,13-14,16H,5-8H2,1-2H3. The van der Waals surface area contributed by atoms with Crippen molar-refractivity contribution in [1.82, 2.24) is 4.90 Å². The monoisotopic (exact) mass is 281 g/mol. The van der Waals surface area contributed by atoms with Crippen LogP contribution in [-0.4, -0.2) is 56.3 Å². The lowest BCUT2D eigenvalue weighted by atomic mass is 10.1. The molecule has 20 heavy (non-hydrogen) atoms. The number of aromatic hydroxyl groups is 1. The minimum absolute atomic E-state index is 0.0659. The Balaban J connectivity index is 1.72. The zero-order valence-corrected chi connectivity index (χ0v) is 11.7. The van der Waals surface area contributed by atoms with Crippen molar-refractivity contribution < 1.29 is 24.1 Å². The lowest BCUT2D eigenvalue weighted by Crippen LogP contribution is -2.27. The molecule has 1 fully saturated rings. The van der Waals surface area contributed by atoms with Gasteiger partial charge in [-0.1, -0.05) is 0 Å². The van der Waals surface area contributed by atoms with Gasteiger partial charge in [0.25, 0.3) is 0 Å². The van der Waals surface area contributed by atoms with Gasteiger partial charge in [-0.15, -0.1) is 0 Å². The first-order valence-corrected chi connectivity index (χ1v) is 6.60. The molecule has 110 valence electrons. The Kier molecular flexibility index (Phi) is 3.69. The van der Waals surface area contributed by atoms with Crippen molar-refractivity contribution in [3.63, 3.8) is 0 Å². The van der Waals surface area contributed by atoms with Crippen LogP contribution in [0.25, 0.3) is 0 Å². The van der Waals surface area contributed by atoms with E-state index in [1.54, 1.807) is 20.3 Å². The third-order valence-corrected chi connectivity index (χ3v) is 3.86. The molecular weight excluding hydrogens is 262 g/mol. The minimum Gasteiger partial charge on any atom is -0.507 e. The molecule has 2 unspecified atom stereocenters. The van der Waals surface area contributed by atoms with Crippen LogP contribution >= 0.6 is 0 Å². The first kappa shape index (κ1) is 13.5. The number of nitrogens with zero attached hydrogens (tertiary/aromatic N) is 1. The average Bonchev–Trinajstić information content (AvgIpc) is 3.05. The van der Waals surface area contributed by atoms with E-state index in [2.05, 4.69) is 4.90 Å². The van der Waals surface area contributed by atoms with E-state index >= 15 is 0 Å². The number of fused-ring (bicyclic) bond motifs is 1. The van der Waals surface area contributed by atoms with E-state index in [0.717, 1.165) is 18.7 Å². The molecule has 2 aliphatic heterocycles. The van der Waals surface area contributed by atoms with E-state index in [4.69, 9.17) is 18.9 Å². The van der Waals surface area contributed by atoms with Crippen molar-refractivity contribution >= 4 is 0 Å². The van der Waals surface area contributed by atoms with Crippen LogP contribution in [0.4, 0.5) is 0 Å². The highest BCUT2D eigenvalue weighted by Gasteiger charge is 2.33. The number of ether oxygens (including phenoxy) is 4. The Bertz CT molecular complexity index is 481. The summed E-state index contributed by atoms with van der Waals surface area (Å²) in [6, 6.07) is 3.44. The lowest BCUT2D eigenvalue weighted by Gasteiger charge is -2.16. The van der Waals surface area contributed by atoms with E-state index in [1.165, 1.54) is 0 Å². The van der Waals surface area contributed by atoms with Crippen molar-refractivity contribution in [2.24, 2.45) is 0 Å². The smallest absolute Gasteiger partial charge is 0.231 e. The SMILES string of the molecule is COC1CN(Cc2cc3c(cc2O)OCO3)CC1OC. The fourth-order valence-corrected chi connectivity index (χ4v) is 2.74. The number of hydrogen-bond donors (Lipinski definition) is 1. The number of likely N-dealkylation sites (tertiary alicyclic amines) is 1. The van der Waals surface area contributed by atoms with Gasteiger partial charge in [0.2, 0.25) is 6.79 Å². The minimum atomic E-state index is 0.0659. The van der Waals surface area contributed by atoms with E-state index in [9.17, 15) is 5.11 Å². The molecule has 1 saturated heterocycles. The Morgan fingerprint density at radius 1 is 1.15 bits per heavy atom. The fraction of sp³-hybridized carbons (Fsp3) is 0.571. The highest BCUT2D eigenvalue weighted by Crippen LogP contribution is 2.38. The van der Waals surface area contributed by atoms with Gasteiger partial charge >= 0.3 is 0 Å². The molecule has 0 aliphatic carbocycles. The number of phenols is 1. The van der Waals surface area contributed by atoms with E-state index < -0.39 is 0 Å². The maximum Gasteiger partial charge on any atom is 0.231 e. The molecule has 1 aromatic carbocycles. The molecule has 0 saturated carbocycles. The third-order valence-electron chi connectivity index (χ3n) is 3.86. The molecule has 1 aromatic rings. The molecule has 2 aliphatic rings. The number of hydrogen-bond acceptors (Lipinski definition) is 6. The zero-order chi connectivity index (χ0) is 14.1. The second-order valence-electron chi connectivity index (χ2n) is 5.08. The van der Waals surface area contributed by atoms with Crippen molar-refractivity contribution in [2.45, 2.75) is 18.8 Å². The van der Waals surface area contributed by atoms with Crippen LogP contribution in [0.3, 0.4) is 0 Å². The topological polar surface area (TPSA) is 60.4 Å². The van der Waals surface area contributed by atoms with Crippen molar-refractivity contribution in [1.29, 1.82) is 0 Å². The predicted octanol–water partition coefficient (Wildman–Crippen LogP) is 0.966. The van der Waals surface area contributed by atoms with Crippen LogP contribution < -0.4 is 9.47 Å². The third kappa shape index (κ3) is 2.42. The molecule has 0 bridgehead atoms. The molecule has 3 rings (SSSR count). The van der Waals surface area contributed by atoms with Gasteiger partial charge in [0.15, 0.2) is 11.5 Å². The van der Waals surface area contributed by atoms with E-state index in [1.807, 2.05) is 6.07 Å². The highest BCUT2D eigenvalue weighted by atomic mass is 16.7. The predicted molar refractivity (Wildman–Crippen MR) is 71.1 cm³/mol. The summed E-state index contributed by atoms with van der Waals surface area (Å²) in [5.41, 5.74) is 0.820. The first-order chi connectivity index (χ1) is 9.71. The van der Waals surface area contributed by atoms with Crippen LogP contribution in [0.2, 0.25) is 0 Å². The summed E-state index contributed by atoms with van der Waals surface area (Å²) >= 11 is 0. The molecule has 6 nitrogen and oxygen atoms in total. The van der Waals surface area contributed by atoms with Crippen molar-refractivity contribution in [3.8, 4) is 17.2 Å². The van der Waals surface area contributed by atoms with Gasteiger partial charge in [-0.05, 0) is 6.07 Å².